The van der Waals surface area contributed by atoms with Gasteiger partial charge in [0.25, 0.3) is 0 Å². The maximum Gasteiger partial charge on any atom is 0.314 e. The summed E-state index contributed by atoms with van der Waals surface area (Å²) in [5.41, 5.74) is 8.04. The van der Waals surface area contributed by atoms with Gasteiger partial charge in [0.05, 0.1) is 35.2 Å². The molecule has 11 nitrogen and oxygen atoms in total. The van der Waals surface area contributed by atoms with Crippen LogP contribution in [-0.2, 0) is 31.4 Å². The van der Waals surface area contributed by atoms with Crippen molar-refractivity contribution in [3.63, 3.8) is 0 Å². The number of amides is 2. The minimum atomic E-state index is -0.713. The van der Waals surface area contributed by atoms with Crippen molar-refractivity contribution < 1.29 is 31.4 Å². The number of nitrogens with zero attached hydrogens (tertiary/aromatic N) is 6. The summed E-state index contributed by atoms with van der Waals surface area (Å²) in [6.45, 7) is 7.36. The van der Waals surface area contributed by atoms with Gasteiger partial charge in [-0.15, -0.1) is 0 Å². The van der Waals surface area contributed by atoms with Crippen molar-refractivity contribution in [3.05, 3.63) is 30.4 Å². The van der Waals surface area contributed by atoms with E-state index in [0.717, 1.165) is 37.8 Å². The molecule has 3 atom stereocenters. The molecule has 0 aromatic carbocycles. The summed E-state index contributed by atoms with van der Waals surface area (Å²) >= 11 is 0. The normalized spacial score (nSPS) is 22.2. The van der Waals surface area contributed by atoms with Crippen LogP contribution in [0.5, 0.6) is 0 Å². The molecule has 2 amide bonds. The fourth-order valence-corrected chi connectivity index (χ4v) is 5.32. The van der Waals surface area contributed by atoms with Crippen LogP contribution in [0, 0.1) is 5.92 Å². The van der Waals surface area contributed by atoms with Crippen molar-refractivity contribution in [2.24, 2.45) is 5.92 Å². The molecule has 2 aliphatic rings. The molecule has 0 bridgehead atoms. The van der Waals surface area contributed by atoms with Gasteiger partial charge in [0.2, 0.25) is 0 Å². The zero-order valence-electron chi connectivity index (χ0n) is 21.4. The number of likely N-dealkylation sites (tertiary alicyclic amines) is 1. The Bertz CT molecular complexity index is 1270. The molecule has 2 aliphatic heterocycles. The van der Waals surface area contributed by atoms with Crippen molar-refractivity contribution in [2.75, 3.05) is 24.2 Å². The van der Waals surface area contributed by atoms with E-state index in [1.54, 1.807) is 22.0 Å². The summed E-state index contributed by atoms with van der Waals surface area (Å²) in [5, 5.41) is 12.3. The number of rotatable bonds is 4. The third-order valence-electron chi connectivity index (χ3n) is 7.14. The first-order valence-electron chi connectivity index (χ1n) is 12.7. The van der Waals surface area contributed by atoms with E-state index in [9.17, 15) is 9.59 Å². The van der Waals surface area contributed by atoms with E-state index in [4.69, 9.17) is 10.5 Å². The standard InChI is InChI=1S/C25H34N8O3.Cu/c1-15(2)32-20(9-10-28-32)19-8-7-16(3)14-31(19)25(35)24(34)30-18-13-27-23(26)17-12-29-33(22(17)18)21-6-4-5-11-36-21;/h9-10,12-13,15-16,19,21H,4-8,11,14H2,1-3H3,(H2,26,27)(H,30,34);/t16-,19+,21?;/m0./s1. The average Bonchev–Trinajstić information content (AvgIpc) is 3.54. The number of nitrogen functional groups attached to an aromatic ring is 1. The molecule has 0 spiro atoms. The number of nitrogens with one attached hydrogen (secondary N) is 1. The molecule has 3 aromatic heterocycles. The quantitative estimate of drug-likeness (QED) is 0.371. The van der Waals surface area contributed by atoms with Crippen LogP contribution in [-0.4, -0.2) is 54.4 Å². The summed E-state index contributed by atoms with van der Waals surface area (Å²) in [4.78, 5) is 32.8. The number of carbonyl (C=O) groups is 2. The number of anilines is 2. The topological polar surface area (TPSA) is 133 Å². The van der Waals surface area contributed by atoms with E-state index in [0.29, 0.717) is 41.5 Å². The zero-order chi connectivity index (χ0) is 25.4. The Kier molecular flexibility index (Phi) is 8.20. The van der Waals surface area contributed by atoms with Gasteiger partial charge in [-0.3, -0.25) is 14.3 Å². The molecule has 1 radical (unpaired) electrons. The van der Waals surface area contributed by atoms with Crippen molar-refractivity contribution in [3.8, 4) is 0 Å². The summed E-state index contributed by atoms with van der Waals surface area (Å²) < 4.78 is 9.57. The molecule has 12 heteroatoms. The van der Waals surface area contributed by atoms with E-state index in [2.05, 4.69) is 41.3 Å². The van der Waals surface area contributed by atoms with Gasteiger partial charge in [-0.1, -0.05) is 6.92 Å². The molecule has 3 N–H and O–H groups in total. The molecule has 3 aromatic rings. The van der Waals surface area contributed by atoms with Crippen LogP contribution < -0.4 is 11.1 Å². The van der Waals surface area contributed by atoms with Crippen LogP contribution >= 0.6 is 0 Å². The van der Waals surface area contributed by atoms with Crippen LogP contribution in [0.15, 0.2) is 24.7 Å². The number of aromatic nitrogens is 5. The summed E-state index contributed by atoms with van der Waals surface area (Å²) in [5.74, 6) is -0.686. The SMILES string of the molecule is CC(C)n1nccc1[C@H]1CC[C@H](C)CN1C(=O)C(=O)Nc1cnc(N)c2cnn(C3CCCCO3)c12.[Cu]. The Balaban J connectivity index is 0.00000320. The zero-order valence-corrected chi connectivity index (χ0v) is 22.3. The van der Waals surface area contributed by atoms with Crippen molar-refractivity contribution >= 4 is 34.2 Å². The molecule has 0 saturated carbocycles. The third kappa shape index (κ3) is 5.23. The van der Waals surface area contributed by atoms with Gasteiger partial charge in [0.1, 0.15) is 11.3 Å². The third-order valence-corrected chi connectivity index (χ3v) is 7.14. The Labute approximate surface area is 226 Å². The van der Waals surface area contributed by atoms with E-state index in [1.165, 1.54) is 6.20 Å². The van der Waals surface area contributed by atoms with Gasteiger partial charge >= 0.3 is 11.8 Å². The molecule has 203 valence electrons. The molecule has 5 rings (SSSR count). The molecular formula is C25H34CuN8O3. The minimum Gasteiger partial charge on any atom is -0.383 e. The molecule has 1 unspecified atom stereocenters. The second kappa shape index (κ2) is 11.2. The van der Waals surface area contributed by atoms with Crippen LogP contribution in [0.2, 0.25) is 0 Å². The molecule has 37 heavy (non-hydrogen) atoms. The first kappa shape index (κ1) is 27.1. The van der Waals surface area contributed by atoms with E-state index in [-0.39, 0.29) is 35.4 Å². The molecular weight excluding hydrogens is 524 g/mol. The van der Waals surface area contributed by atoms with E-state index in [1.807, 2.05) is 10.7 Å². The number of nitrogens with two attached hydrogens (primary N) is 1. The van der Waals surface area contributed by atoms with Crippen molar-refractivity contribution in [1.82, 2.24) is 29.4 Å². The first-order chi connectivity index (χ1) is 17.3. The number of piperidine rings is 1. The molecule has 5 heterocycles. The van der Waals surface area contributed by atoms with Crippen molar-refractivity contribution in [2.45, 2.75) is 71.2 Å². The van der Waals surface area contributed by atoms with Crippen LogP contribution in [0.3, 0.4) is 0 Å². The smallest absolute Gasteiger partial charge is 0.314 e. The number of fused-ring (bicyclic) bond motifs is 1. The van der Waals surface area contributed by atoms with Gasteiger partial charge in [-0.25, -0.2) is 9.67 Å². The fraction of sp³-hybridized carbons (Fsp3) is 0.560. The largest absolute Gasteiger partial charge is 0.383 e. The summed E-state index contributed by atoms with van der Waals surface area (Å²) in [6.07, 6.45) is 9.19. The summed E-state index contributed by atoms with van der Waals surface area (Å²) in [6, 6.07) is 1.88. The second-order valence-electron chi connectivity index (χ2n) is 10.1. The Morgan fingerprint density at radius 1 is 1.16 bits per heavy atom. The van der Waals surface area contributed by atoms with Crippen LogP contribution in [0.25, 0.3) is 10.9 Å². The van der Waals surface area contributed by atoms with Gasteiger partial charge < -0.3 is 20.7 Å². The number of pyridine rings is 1. The molecule has 2 saturated heterocycles. The average molecular weight is 558 g/mol. The monoisotopic (exact) mass is 557 g/mol. The maximum absolute atomic E-state index is 13.6. The predicted octanol–water partition coefficient (Wildman–Crippen LogP) is 3.43. The van der Waals surface area contributed by atoms with E-state index >= 15 is 0 Å². The molecule has 0 aliphatic carbocycles. The summed E-state index contributed by atoms with van der Waals surface area (Å²) in [7, 11) is 0. The van der Waals surface area contributed by atoms with Crippen LogP contribution in [0.1, 0.15) is 76.9 Å². The Hall–Kier alpha value is -2.95. The number of ether oxygens (including phenoxy) is 1. The van der Waals surface area contributed by atoms with Crippen molar-refractivity contribution in [1.29, 1.82) is 0 Å². The maximum atomic E-state index is 13.6. The second-order valence-corrected chi connectivity index (χ2v) is 10.1. The number of hydrogen-bond acceptors (Lipinski definition) is 7. The van der Waals surface area contributed by atoms with Gasteiger partial charge in [0, 0.05) is 42.5 Å². The van der Waals surface area contributed by atoms with Gasteiger partial charge in [-0.05, 0) is 57.9 Å². The van der Waals surface area contributed by atoms with Gasteiger partial charge in [0.15, 0.2) is 6.23 Å². The molecule has 2 fully saturated rings. The number of carbonyl (C=O) groups excluding carboxylic acids is 2. The van der Waals surface area contributed by atoms with Gasteiger partial charge in [-0.2, -0.15) is 10.2 Å². The van der Waals surface area contributed by atoms with E-state index < -0.39 is 11.8 Å². The minimum absolute atomic E-state index is 0. The first-order valence-corrected chi connectivity index (χ1v) is 12.7. The van der Waals surface area contributed by atoms with Crippen LogP contribution in [0.4, 0.5) is 11.5 Å². The Morgan fingerprint density at radius 3 is 2.70 bits per heavy atom. The number of hydrogen-bond donors (Lipinski definition) is 2. The Morgan fingerprint density at radius 2 is 1.97 bits per heavy atom. The predicted molar refractivity (Wildman–Crippen MR) is 135 cm³/mol. The fourth-order valence-electron chi connectivity index (χ4n) is 5.32.